The predicted octanol–water partition coefficient (Wildman–Crippen LogP) is 7.67. The number of aromatic nitrogens is 5. The van der Waals surface area contributed by atoms with E-state index >= 15 is 0 Å². The summed E-state index contributed by atoms with van der Waals surface area (Å²) in [4.78, 5) is 44.0. The Hall–Kier alpha value is -4.91. The molecule has 0 saturated heterocycles. The highest BCUT2D eigenvalue weighted by Crippen LogP contribution is 2.34. The number of hydrogen-bond acceptors (Lipinski definition) is 5. The Morgan fingerprint density at radius 3 is 2.02 bits per heavy atom. The van der Waals surface area contributed by atoms with E-state index in [0.717, 1.165) is 105 Å². The van der Waals surface area contributed by atoms with Gasteiger partial charge in [0, 0.05) is 93.1 Å². The highest BCUT2D eigenvalue weighted by molar-refractivity contribution is 6.12. The number of benzene rings is 2. The number of Topliss-reactive ketones (excluding diaryl/α,β-unsaturated/α-hetero) is 2. The lowest BCUT2D eigenvalue weighted by Crippen LogP contribution is -1.97. The molecule has 2 N–H and O–H groups in total. The Morgan fingerprint density at radius 1 is 0.595 bits per heavy atom. The molecule has 4 aromatic heterocycles. The van der Waals surface area contributed by atoms with Gasteiger partial charge in [0.25, 0.3) is 0 Å². The molecule has 0 atom stereocenters. The van der Waals surface area contributed by atoms with Crippen LogP contribution in [-0.2, 0) is 12.8 Å². The first-order chi connectivity index (χ1) is 20.7. The van der Waals surface area contributed by atoms with Crippen molar-refractivity contribution in [2.45, 2.75) is 51.4 Å². The van der Waals surface area contributed by atoms with Crippen LogP contribution < -0.4 is 0 Å². The molecule has 2 aliphatic rings. The van der Waals surface area contributed by atoms with Crippen molar-refractivity contribution in [1.29, 1.82) is 0 Å². The number of carbonyl (C=O) groups is 2. The molecule has 208 valence electrons. The second kappa shape index (κ2) is 11.2. The number of ketones is 2. The number of carbonyl (C=O) groups excluding carboxylic acids is 2. The van der Waals surface area contributed by atoms with E-state index in [0.29, 0.717) is 12.8 Å². The molecule has 7 heteroatoms. The van der Waals surface area contributed by atoms with Gasteiger partial charge in [-0.05, 0) is 62.3 Å². The Kier molecular flexibility index (Phi) is 6.92. The summed E-state index contributed by atoms with van der Waals surface area (Å²) in [6.45, 7) is 0. The molecule has 2 aliphatic carbocycles. The minimum absolute atomic E-state index is 0.259. The number of rotatable bonds is 2. The molecule has 0 unspecified atom stereocenters. The average molecular weight is 554 g/mol. The molecular formula is C35H31N5O2. The summed E-state index contributed by atoms with van der Waals surface area (Å²) < 4.78 is 0. The zero-order valence-electron chi connectivity index (χ0n) is 23.3. The van der Waals surface area contributed by atoms with Crippen molar-refractivity contribution in [3.8, 4) is 22.3 Å². The van der Waals surface area contributed by atoms with Gasteiger partial charge in [-0.15, -0.1) is 0 Å². The molecule has 2 aromatic carbocycles. The van der Waals surface area contributed by atoms with Crippen LogP contribution in [0.5, 0.6) is 0 Å². The first-order valence-corrected chi connectivity index (χ1v) is 14.7. The lowest BCUT2D eigenvalue weighted by atomic mass is 10.0. The first kappa shape index (κ1) is 26.0. The third-order valence-corrected chi connectivity index (χ3v) is 8.37. The maximum absolute atomic E-state index is 12.4. The van der Waals surface area contributed by atoms with Gasteiger partial charge in [0.2, 0.25) is 0 Å². The summed E-state index contributed by atoms with van der Waals surface area (Å²) in [7, 11) is 0. The number of nitrogens with zero attached hydrogens (tertiary/aromatic N) is 3. The summed E-state index contributed by atoms with van der Waals surface area (Å²) in [6, 6.07) is 16.3. The maximum Gasteiger partial charge on any atom is 0.165 e. The largest absolute Gasteiger partial charge is 0.358 e. The zero-order chi connectivity index (χ0) is 28.5. The number of hydrogen-bond donors (Lipinski definition) is 2. The quantitative estimate of drug-likeness (QED) is 0.214. The smallest absolute Gasteiger partial charge is 0.165 e. The molecule has 0 radical (unpaired) electrons. The van der Waals surface area contributed by atoms with Crippen LogP contribution in [0.4, 0.5) is 0 Å². The summed E-state index contributed by atoms with van der Waals surface area (Å²) in [5, 5.41) is 2.08. The second-order valence-electron chi connectivity index (χ2n) is 11.1. The second-order valence-corrected chi connectivity index (χ2v) is 11.1. The van der Waals surface area contributed by atoms with Gasteiger partial charge in [-0.3, -0.25) is 14.6 Å². The van der Waals surface area contributed by atoms with E-state index in [-0.39, 0.29) is 11.6 Å². The van der Waals surface area contributed by atoms with E-state index in [1.807, 2.05) is 36.5 Å². The molecular weight excluding hydrogens is 522 g/mol. The van der Waals surface area contributed by atoms with E-state index in [9.17, 15) is 9.59 Å². The van der Waals surface area contributed by atoms with Gasteiger partial charge in [0.15, 0.2) is 11.6 Å². The van der Waals surface area contributed by atoms with Crippen LogP contribution in [0.2, 0.25) is 0 Å². The van der Waals surface area contributed by atoms with Crippen LogP contribution in [0.15, 0.2) is 79.6 Å². The van der Waals surface area contributed by atoms with Crippen molar-refractivity contribution in [3.63, 3.8) is 0 Å². The summed E-state index contributed by atoms with van der Waals surface area (Å²) in [5.74, 6) is 0.535. The van der Waals surface area contributed by atoms with E-state index in [1.54, 1.807) is 18.6 Å². The maximum atomic E-state index is 12.4. The highest BCUT2D eigenvalue weighted by atomic mass is 16.1. The average Bonchev–Trinajstić information content (AvgIpc) is 3.47. The van der Waals surface area contributed by atoms with Crippen molar-refractivity contribution in [1.82, 2.24) is 24.9 Å². The van der Waals surface area contributed by atoms with Crippen molar-refractivity contribution in [2.75, 3.05) is 0 Å². The molecule has 0 fully saturated rings. The van der Waals surface area contributed by atoms with Gasteiger partial charge in [-0.2, -0.15) is 0 Å². The number of para-hydroxylation sites is 1. The van der Waals surface area contributed by atoms with E-state index < -0.39 is 0 Å². The van der Waals surface area contributed by atoms with Gasteiger partial charge < -0.3 is 9.97 Å². The van der Waals surface area contributed by atoms with Crippen LogP contribution in [0, 0.1) is 0 Å². The summed E-state index contributed by atoms with van der Waals surface area (Å²) >= 11 is 0. The van der Waals surface area contributed by atoms with Crippen molar-refractivity contribution >= 4 is 33.4 Å². The van der Waals surface area contributed by atoms with Crippen molar-refractivity contribution in [2.24, 2.45) is 0 Å². The number of aromatic amines is 2. The number of pyridine rings is 1. The number of fused-ring (bicyclic) bond motifs is 6. The standard InChI is InChI=1S/C18H16N2O.C17H15N3O/c21-16-9-2-1-8-15-17(16)14-7-3-6-13(18(14)20-15)12-5-4-10-19-11-12;21-16-4-2-1-3-15-17(16)13-7-11(5-6-14(13)20-15)12-8-18-10-19-9-12/h3-7,10-11,20H,1-2,8-9H2;5-10,20H,1-4H2. The van der Waals surface area contributed by atoms with Gasteiger partial charge in [-0.25, -0.2) is 9.97 Å². The lowest BCUT2D eigenvalue weighted by molar-refractivity contribution is 0.0975. The Morgan fingerprint density at radius 2 is 1.29 bits per heavy atom. The highest BCUT2D eigenvalue weighted by Gasteiger charge is 2.23. The molecule has 6 aromatic rings. The molecule has 4 heterocycles. The number of aryl methyl sites for hydroxylation is 2. The van der Waals surface area contributed by atoms with Gasteiger partial charge in [-0.1, -0.05) is 30.3 Å². The monoisotopic (exact) mass is 553 g/mol. The van der Waals surface area contributed by atoms with Crippen LogP contribution in [0.3, 0.4) is 0 Å². The van der Waals surface area contributed by atoms with Crippen LogP contribution in [0.1, 0.15) is 70.6 Å². The predicted molar refractivity (Wildman–Crippen MR) is 165 cm³/mol. The first-order valence-electron chi connectivity index (χ1n) is 14.7. The van der Waals surface area contributed by atoms with Crippen LogP contribution in [0.25, 0.3) is 44.1 Å². The molecule has 0 spiro atoms. The Labute approximate surface area is 243 Å². The van der Waals surface area contributed by atoms with E-state index in [2.05, 4.69) is 43.1 Å². The normalized spacial score (nSPS) is 15.0. The zero-order valence-corrected chi connectivity index (χ0v) is 23.3. The fourth-order valence-electron chi connectivity index (χ4n) is 6.35. The third kappa shape index (κ3) is 4.81. The van der Waals surface area contributed by atoms with E-state index in [1.165, 1.54) is 6.33 Å². The minimum Gasteiger partial charge on any atom is -0.358 e. The molecule has 0 aliphatic heterocycles. The fraction of sp³-hybridized carbons (Fsp3) is 0.229. The molecule has 7 nitrogen and oxygen atoms in total. The minimum atomic E-state index is 0.259. The van der Waals surface area contributed by atoms with Crippen molar-refractivity contribution in [3.05, 3.63) is 102 Å². The van der Waals surface area contributed by atoms with Gasteiger partial charge in [0.05, 0.1) is 5.52 Å². The third-order valence-electron chi connectivity index (χ3n) is 8.37. The number of nitrogens with one attached hydrogen (secondary N) is 2. The lowest BCUT2D eigenvalue weighted by Gasteiger charge is -2.03. The van der Waals surface area contributed by atoms with Gasteiger partial charge >= 0.3 is 0 Å². The molecule has 8 rings (SSSR count). The SMILES string of the molecule is O=C1CCCCc2[nH]c3c(-c4cccnc4)cccc3c21.O=C1CCCCc2[nH]c3ccc(-c4cncnc4)cc3c21. The Balaban J connectivity index is 0.000000137. The summed E-state index contributed by atoms with van der Waals surface area (Å²) in [6.07, 6.45) is 16.1. The van der Waals surface area contributed by atoms with E-state index in [4.69, 9.17) is 0 Å². The Bertz CT molecular complexity index is 1900. The molecule has 0 amide bonds. The number of H-pyrrole nitrogens is 2. The van der Waals surface area contributed by atoms with Crippen LogP contribution in [-0.4, -0.2) is 36.5 Å². The molecule has 42 heavy (non-hydrogen) atoms. The summed E-state index contributed by atoms with van der Waals surface area (Å²) in [5.41, 5.74) is 10.3. The fourth-order valence-corrected chi connectivity index (χ4v) is 6.35. The van der Waals surface area contributed by atoms with Gasteiger partial charge in [0.1, 0.15) is 6.33 Å². The topological polar surface area (TPSA) is 104 Å². The molecule has 0 bridgehead atoms. The van der Waals surface area contributed by atoms with Crippen molar-refractivity contribution < 1.29 is 9.59 Å². The molecule has 0 saturated carbocycles. The van der Waals surface area contributed by atoms with Crippen LogP contribution >= 0.6 is 0 Å².